The van der Waals surface area contributed by atoms with E-state index in [1.54, 1.807) is 0 Å². The Bertz CT molecular complexity index is 575. The number of aliphatic hydroxyl groups excluding tert-OH is 1. The first-order chi connectivity index (χ1) is 10.2. The summed E-state index contributed by atoms with van der Waals surface area (Å²) >= 11 is 0. The fourth-order valence-corrected chi connectivity index (χ4v) is 2.47. The van der Waals surface area contributed by atoms with Crippen LogP contribution in [0.1, 0.15) is 39.4 Å². The second-order valence-electron chi connectivity index (χ2n) is 5.86. The van der Waals surface area contributed by atoms with Crippen LogP contribution in [0.25, 0.3) is 11.0 Å². The van der Waals surface area contributed by atoms with Crippen molar-refractivity contribution in [1.29, 1.82) is 0 Å². The second-order valence-corrected chi connectivity index (χ2v) is 5.86. The molecule has 0 spiro atoms. The fourth-order valence-electron chi connectivity index (χ4n) is 2.47. The van der Waals surface area contributed by atoms with Gasteiger partial charge >= 0.3 is 0 Å². The predicted octanol–water partition coefficient (Wildman–Crippen LogP) is 3.41. The minimum atomic E-state index is 0.204. The van der Waals surface area contributed by atoms with E-state index in [0.717, 1.165) is 55.0 Å². The second kappa shape index (κ2) is 7.46. The van der Waals surface area contributed by atoms with Crippen molar-refractivity contribution >= 4 is 11.0 Å². The Kier molecular flexibility index (Phi) is 5.62. The third-order valence-corrected chi connectivity index (χ3v) is 3.38. The van der Waals surface area contributed by atoms with Crippen LogP contribution >= 0.6 is 0 Å². The van der Waals surface area contributed by atoms with E-state index in [9.17, 15) is 0 Å². The molecule has 0 aliphatic carbocycles. The zero-order valence-electron chi connectivity index (χ0n) is 13.3. The average Bonchev–Trinajstić information content (AvgIpc) is 2.79. The molecule has 1 heterocycles. The fraction of sp³-hybridized carbons (Fsp3) is 0.588. The summed E-state index contributed by atoms with van der Waals surface area (Å²) < 4.78 is 7.96. The van der Waals surface area contributed by atoms with Crippen LogP contribution in [0.2, 0.25) is 0 Å². The number of aliphatic hydroxyl groups is 1. The number of rotatable bonds is 8. The molecule has 2 rings (SSSR count). The third kappa shape index (κ3) is 3.97. The molecular formula is C17H26N2O2. The van der Waals surface area contributed by atoms with Crippen LogP contribution < -0.4 is 4.74 Å². The van der Waals surface area contributed by atoms with E-state index < -0.39 is 0 Å². The van der Waals surface area contributed by atoms with Gasteiger partial charge in [-0.25, -0.2) is 4.98 Å². The van der Waals surface area contributed by atoms with E-state index >= 15 is 0 Å². The van der Waals surface area contributed by atoms with Crippen LogP contribution in [0.5, 0.6) is 5.75 Å². The molecule has 2 aromatic rings. The maximum Gasteiger partial charge on any atom is 0.121 e. The Morgan fingerprint density at radius 1 is 1.33 bits per heavy atom. The van der Waals surface area contributed by atoms with Crippen molar-refractivity contribution in [2.45, 2.75) is 46.6 Å². The van der Waals surface area contributed by atoms with Crippen molar-refractivity contribution in [1.82, 2.24) is 9.55 Å². The van der Waals surface area contributed by atoms with Crippen molar-refractivity contribution in [3.05, 3.63) is 24.0 Å². The lowest BCUT2D eigenvalue weighted by Gasteiger charge is -2.11. The monoisotopic (exact) mass is 290 g/mol. The minimum Gasteiger partial charge on any atom is -0.494 e. The summed E-state index contributed by atoms with van der Waals surface area (Å²) in [5.74, 6) is 2.50. The lowest BCUT2D eigenvalue weighted by Crippen LogP contribution is -2.09. The summed E-state index contributed by atoms with van der Waals surface area (Å²) in [5.41, 5.74) is 2.14. The first-order valence-electron chi connectivity index (χ1n) is 7.88. The summed E-state index contributed by atoms with van der Waals surface area (Å²) in [5, 5.41) is 9.06. The highest BCUT2D eigenvalue weighted by Crippen LogP contribution is 2.23. The summed E-state index contributed by atoms with van der Waals surface area (Å²) in [7, 11) is 0. The smallest absolute Gasteiger partial charge is 0.121 e. The standard InChI is InChI=1S/C17H26N2O2/c1-4-10-21-14-7-8-16-15(11-14)18-17(6-5-9-20)19(16)12-13(2)3/h7-8,11,13,20H,4-6,9-10,12H2,1-3H3. The van der Waals surface area contributed by atoms with Crippen LogP contribution in [0.15, 0.2) is 18.2 Å². The molecule has 0 atom stereocenters. The summed E-state index contributed by atoms with van der Waals surface area (Å²) in [6.07, 6.45) is 2.56. The van der Waals surface area contributed by atoms with Crippen molar-refractivity contribution in [2.75, 3.05) is 13.2 Å². The number of hydrogen-bond acceptors (Lipinski definition) is 3. The Hall–Kier alpha value is -1.55. The van der Waals surface area contributed by atoms with E-state index in [2.05, 4.69) is 31.4 Å². The number of fused-ring (bicyclic) bond motifs is 1. The van der Waals surface area contributed by atoms with Gasteiger partial charge in [-0.3, -0.25) is 0 Å². The van der Waals surface area contributed by atoms with Gasteiger partial charge in [0.05, 0.1) is 17.6 Å². The van der Waals surface area contributed by atoms with Gasteiger partial charge < -0.3 is 14.4 Å². The highest BCUT2D eigenvalue weighted by atomic mass is 16.5. The van der Waals surface area contributed by atoms with E-state index in [1.165, 1.54) is 0 Å². The molecule has 0 radical (unpaired) electrons. The van der Waals surface area contributed by atoms with Crippen LogP contribution in [0.4, 0.5) is 0 Å². The lowest BCUT2D eigenvalue weighted by atomic mass is 10.2. The highest BCUT2D eigenvalue weighted by molar-refractivity contribution is 5.77. The molecule has 0 aliphatic heterocycles. The molecule has 1 N–H and O–H groups in total. The Morgan fingerprint density at radius 2 is 2.14 bits per heavy atom. The predicted molar refractivity (Wildman–Crippen MR) is 85.8 cm³/mol. The molecular weight excluding hydrogens is 264 g/mol. The van der Waals surface area contributed by atoms with Gasteiger partial charge in [0.15, 0.2) is 0 Å². The van der Waals surface area contributed by atoms with E-state index in [1.807, 2.05) is 12.1 Å². The zero-order valence-corrected chi connectivity index (χ0v) is 13.3. The van der Waals surface area contributed by atoms with Crippen molar-refractivity contribution in [2.24, 2.45) is 5.92 Å². The van der Waals surface area contributed by atoms with Gasteiger partial charge in [-0.15, -0.1) is 0 Å². The number of aryl methyl sites for hydroxylation is 1. The number of imidazole rings is 1. The molecule has 0 saturated heterocycles. The van der Waals surface area contributed by atoms with Crippen LogP contribution in [0.3, 0.4) is 0 Å². The maximum absolute atomic E-state index is 9.06. The number of aromatic nitrogens is 2. The van der Waals surface area contributed by atoms with Gasteiger partial charge in [-0.2, -0.15) is 0 Å². The first kappa shape index (κ1) is 15.8. The van der Waals surface area contributed by atoms with Crippen molar-refractivity contribution in [3.8, 4) is 5.75 Å². The molecule has 0 saturated carbocycles. The molecule has 1 aromatic heterocycles. The molecule has 0 bridgehead atoms. The zero-order chi connectivity index (χ0) is 15.2. The van der Waals surface area contributed by atoms with E-state index in [-0.39, 0.29) is 6.61 Å². The number of nitrogens with zero attached hydrogens (tertiary/aromatic N) is 2. The topological polar surface area (TPSA) is 47.3 Å². The van der Waals surface area contributed by atoms with Gasteiger partial charge in [-0.1, -0.05) is 20.8 Å². The molecule has 0 unspecified atom stereocenters. The third-order valence-electron chi connectivity index (χ3n) is 3.38. The van der Waals surface area contributed by atoms with E-state index in [4.69, 9.17) is 14.8 Å². The molecule has 116 valence electrons. The SMILES string of the molecule is CCCOc1ccc2c(c1)nc(CCCO)n2CC(C)C. The summed E-state index contributed by atoms with van der Waals surface area (Å²) in [6, 6.07) is 6.13. The Labute approximate surface area is 126 Å². The lowest BCUT2D eigenvalue weighted by molar-refractivity contribution is 0.286. The number of ether oxygens (including phenoxy) is 1. The molecule has 4 heteroatoms. The maximum atomic E-state index is 9.06. The van der Waals surface area contributed by atoms with E-state index in [0.29, 0.717) is 5.92 Å². The molecule has 0 fully saturated rings. The molecule has 1 aromatic carbocycles. The summed E-state index contributed by atoms with van der Waals surface area (Å²) in [4.78, 5) is 4.74. The quantitative estimate of drug-likeness (QED) is 0.810. The van der Waals surface area contributed by atoms with Crippen LogP contribution in [-0.2, 0) is 13.0 Å². The van der Waals surface area contributed by atoms with Gasteiger partial charge in [0.2, 0.25) is 0 Å². The first-order valence-corrected chi connectivity index (χ1v) is 7.88. The van der Waals surface area contributed by atoms with Crippen molar-refractivity contribution in [3.63, 3.8) is 0 Å². The molecule has 4 nitrogen and oxygen atoms in total. The molecule has 0 amide bonds. The number of benzene rings is 1. The largest absolute Gasteiger partial charge is 0.494 e. The van der Waals surface area contributed by atoms with Crippen LogP contribution in [0, 0.1) is 5.92 Å². The van der Waals surface area contributed by atoms with Gasteiger partial charge in [0.1, 0.15) is 11.6 Å². The molecule has 21 heavy (non-hydrogen) atoms. The Balaban J connectivity index is 2.35. The van der Waals surface area contributed by atoms with Gasteiger partial charge in [-0.05, 0) is 30.9 Å². The van der Waals surface area contributed by atoms with Crippen LogP contribution in [-0.4, -0.2) is 27.9 Å². The van der Waals surface area contributed by atoms with Gasteiger partial charge in [0, 0.05) is 25.6 Å². The Morgan fingerprint density at radius 3 is 2.81 bits per heavy atom. The van der Waals surface area contributed by atoms with Gasteiger partial charge in [0.25, 0.3) is 0 Å². The van der Waals surface area contributed by atoms with Crippen molar-refractivity contribution < 1.29 is 9.84 Å². The number of hydrogen-bond donors (Lipinski definition) is 1. The minimum absolute atomic E-state index is 0.204. The molecule has 0 aliphatic rings. The summed E-state index contributed by atoms with van der Waals surface area (Å²) in [6.45, 7) is 8.40. The highest BCUT2D eigenvalue weighted by Gasteiger charge is 2.12. The average molecular weight is 290 g/mol. The normalized spacial score (nSPS) is 11.5.